The summed E-state index contributed by atoms with van der Waals surface area (Å²) in [6.45, 7) is 9.66. The van der Waals surface area contributed by atoms with Crippen molar-refractivity contribution in [2.75, 3.05) is 32.7 Å². The average molecular weight is 251 g/mol. The number of hydrogen-bond donors (Lipinski definition) is 1. The van der Waals surface area contributed by atoms with E-state index in [1.807, 2.05) is 0 Å². The predicted molar refractivity (Wildman–Crippen MR) is 66.8 cm³/mol. The molecule has 100 valence electrons. The van der Waals surface area contributed by atoms with E-state index in [1.54, 1.807) is 0 Å². The lowest BCUT2D eigenvalue weighted by atomic mass is 10.1. The highest BCUT2D eigenvalue weighted by molar-refractivity contribution is 5.03. The fourth-order valence-electron chi connectivity index (χ4n) is 2.67. The summed E-state index contributed by atoms with van der Waals surface area (Å²) in [6.07, 6.45) is 0. The van der Waals surface area contributed by atoms with E-state index in [9.17, 15) is 0 Å². The third-order valence-corrected chi connectivity index (χ3v) is 4.04. The van der Waals surface area contributed by atoms with Gasteiger partial charge in [0.1, 0.15) is 0 Å². The van der Waals surface area contributed by atoms with Crippen molar-refractivity contribution in [2.45, 2.75) is 25.9 Å². The Morgan fingerprint density at radius 2 is 2.00 bits per heavy atom. The Hall–Kier alpha value is -0.980. The van der Waals surface area contributed by atoms with E-state index in [0.29, 0.717) is 11.8 Å². The maximum absolute atomic E-state index is 6.04. The highest BCUT2D eigenvalue weighted by Crippen LogP contribution is 2.28. The van der Waals surface area contributed by atoms with Crippen molar-refractivity contribution in [2.24, 2.45) is 11.7 Å². The molecule has 1 aromatic rings. The topological polar surface area (TPSA) is 71.4 Å². The van der Waals surface area contributed by atoms with Crippen LogP contribution in [0.3, 0.4) is 0 Å². The SMILES string of the molecule is CC(C)[C@H](N)c1nc(C2CN3CCN2CC3)no1. The van der Waals surface area contributed by atoms with Gasteiger partial charge in [0.05, 0.1) is 12.1 Å². The van der Waals surface area contributed by atoms with E-state index in [0.717, 1.165) is 38.5 Å². The van der Waals surface area contributed by atoms with E-state index >= 15 is 0 Å². The molecule has 2 bridgehead atoms. The highest BCUT2D eigenvalue weighted by Gasteiger charge is 2.36. The molecule has 3 aliphatic heterocycles. The third kappa shape index (κ3) is 2.04. The monoisotopic (exact) mass is 251 g/mol. The van der Waals surface area contributed by atoms with Crippen molar-refractivity contribution in [3.63, 3.8) is 0 Å². The molecule has 4 rings (SSSR count). The molecule has 0 amide bonds. The summed E-state index contributed by atoms with van der Waals surface area (Å²) in [7, 11) is 0. The van der Waals surface area contributed by atoms with E-state index < -0.39 is 0 Å². The summed E-state index contributed by atoms with van der Waals surface area (Å²) < 4.78 is 5.32. The van der Waals surface area contributed by atoms with Gasteiger partial charge in [-0.05, 0) is 5.92 Å². The Morgan fingerprint density at radius 3 is 2.56 bits per heavy atom. The van der Waals surface area contributed by atoms with Crippen molar-refractivity contribution < 1.29 is 4.52 Å². The summed E-state index contributed by atoms with van der Waals surface area (Å²) in [5.74, 6) is 1.67. The fourth-order valence-corrected chi connectivity index (χ4v) is 2.67. The minimum Gasteiger partial charge on any atom is -0.338 e. The molecule has 1 unspecified atom stereocenters. The molecule has 6 heteroatoms. The number of hydrogen-bond acceptors (Lipinski definition) is 6. The van der Waals surface area contributed by atoms with E-state index in [-0.39, 0.29) is 12.1 Å². The van der Waals surface area contributed by atoms with E-state index in [1.165, 1.54) is 0 Å². The van der Waals surface area contributed by atoms with Gasteiger partial charge >= 0.3 is 0 Å². The zero-order chi connectivity index (χ0) is 12.7. The highest BCUT2D eigenvalue weighted by atomic mass is 16.5. The first-order chi connectivity index (χ1) is 8.65. The van der Waals surface area contributed by atoms with Gasteiger partial charge in [0, 0.05) is 32.7 Å². The molecule has 3 saturated heterocycles. The normalized spacial score (nSPS) is 33.0. The predicted octanol–water partition coefficient (Wildman–Crippen LogP) is 0.398. The average Bonchev–Trinajstić information content (AvgIpc) is 2.88. The number of aromatic nitrogens is 2. The van der Waals surface area contributed by atoms with Gasteiger partial charge < -0.3 is 10.3 Å². The van der Waals surface area contributed by atoms with Crippen LogP contribution >= 0.6 is 0 Å². The maximum Gasteiger partial charge on any atom is 0.243 e. The largest absolute Gasteiger partial charge is 0.338 e. The fraction of sp³-hybridized carbons (Fsp3) is 0.833. The van der Waals surface area contributed by atoms with Crippen LogP contribution in [0.2, 0.25) is 0 Å². The van der Waals surface area contributed by atoms with Crippen LogP contribution in [-0.4, -0.2) is 52.7 Å². The van der Waals surface area contributed by atoms with Crippen LogP contribution in [0.15, 0.2) is 4.52 Å². The summed E-state index contributed by atoms with van der Waals surface area (Å²) in [5.41, 5.74) is 6.04. The Kier molecular flexibility index (Phi) is 3.09. The van der Waals surface area contributed by atoms with Crippen LogP contribution in [0.4, 0.5) is 0 Å². The number of piperazine rings is 3. The van der Waals surface area contributed by atoms with Crippen LogP contribution in [0.1, 0.15) is 37.6 Å². The second kappa shape index (κ2) is 4.60. The first-order valence-electron chi connectivity index (χ1n) is 6.70. The molecule has 3 fully saturated rings. The maximum atomic E-state index is 6.04. The van der Waals surface area contributed by atoms with Gasteiger partial charge in [0.25, 0.3) is 0 Å². The Morgan fingerprint density at radius 1 is 1.28 bits per heavy atom. The third-order valence-electron chi connectivity index (χ3n) is 4.04. The van der Waals surface area contributed by atoms with Gasteiger partial charge in [-0.2, -0.15) is 4.98 Å². The zero-order valence-corrected chi connectivity index (χ0v) is 11.0. The first-order valence-corrected chi connectivity index (χ1v) is 6.70. The van der Waals surface area contributed by atoms with Gasteiger partial charge in [0.15, 0.2) is 5.82 Å². The van der Waals surface area contributed by atoms with E-state index in [2.05, 4.69) is 33.8 Å². The molecular formula is C12H21N5O. The molecule has 0 saturated carbocycles. The van der Waals surface area contributed by atoms with Crippen molar-refractivity contribution in [1.29, 1.82) is 0 Å². The Balaban J connectivity index is 1.77. The van der Waals surface area contributed by atoms with Crippen LogP contribution in [0.5, 0.6) is 0 Å². The molecule has 1 aromatic heterocycles. The molecule has 2 atom stereocenters. The molecule has 3 aliphatic rings. The van der Waals surface area contributed by atoms with Crippen LogP contribution in [0.25, 0.3) is 0 Å². The second-order valence-corrected chi connectivity index (χ2v) is 5.61. The lowest BCUT2D eigenvalue weighted by Crippen LogP contribution is -2.57. The standard InChI is InChI=1S/C12H21N5O/c1-8(2)10(13)12-14-11(15-18-12)9-7-16-3-5-17(9)6-4-16/h8-10H,3-7,13H2,1-2H3/t9?,10-/m0/s1. The number of rotatable bonds is 3. The molecule has 0 aromatic carbocycles. The molecule has 6 nitrogen and oxygen atoms in total. The zero-order valence-electron chi connectivity index (χ0n) is 11.0. The van der Waals surface area contributed by atoms with Crippen molar-refractivity contribution in [3.05, 3.63) is 11.7 Å². The van der Waals surface area contributed by atoms with Crippen LogP contribution in [0, 0.1) is 5.92 Å². The van der Waals surface area contributed by atoms with Gasteiger partial charge in [-0.25, -0.2) is 0 Å². The van der Waals surface area contributed by atoms with Gasteiger partial charge in [0.2, 0.25) is 5.89 Å². The molecule has 0 aliphatic carbocycles. The summed E-state index contributed by atoms with van der Waals surface area (Å²) in [6, 6.07) is 0.117. The molecule has 18 heavy (non-hydrogen) atoms. The van der Waals surface area contributed by atoms with Gasteiger partial charge in [-0.3, -0.25) is 9.80 Å². The number of nitrogens with zero attached hydrogens (tertiary/aromatic N) is 4. The minimum atomic E-state index is -0.165. The molecule has 0 spiro atoms. The smallest absolute Gasteiger partial charge is 0.243 e. The summed E-state index contributed by atoms with van der Waals surface area (Å²) in [4.78, 5) is 9.40. The molecular weight excluding hydrogens is 230 g/mol. The van der Waals surface area contributed by atoms with Crippen molar-refractivity contribution in [3.8, 4) is 0 Å². The van der Waals surface area contributed by atoms with E-state index in [4.69, 9.17) is 10.3 Å². The van der Waals surface area contributed by atoms with Crippen molar-refractivity contribution in [1.82, 2.24) is 19.9 Å². The van der Waals surface area contributed by atoms with Crippen LogP contribution < -0.4 is 5.73 Å². The second-order valence-electron chi connectivity index (χ2n) is 5.61. The summed E-state index contributed by atoms with van der Waals surface area (Å²) in [5, 5.41) is 4.13. The lowest BCUT2D eigenvalue weighted by molar-refractivity contribution is 0.00781. The quantitative estimate of drug-likeness (QED) is 0.838. The lowest BCUT2D eigenvalue weighted by Gasteiger charge is -2.46. The summed E-state index contributed by atoms with van der Waals surface area (Å²) >= 11 is 0. The number of fused-ring (bicyclic) bond motifs is 3. The molecule has 2 N–H and O–H groups in total. The molecule has 0 radical (unpaired) electrons. The van der Waals surface area contributed by atoms with Crippen LogP contribution in [-0.2, 0) is 0 Å². The number of nitrogens with two attached hydrogens (primary N) is 1. The Bertz CT molecular complexity index is 410. The molecule has 4 heterocycles. The minimum absolute atomic E-state index is 0.165. The van der Waals surface area contributed by atoms with Gasteiger partial charge in [-0.1, -0.05) is 19.0 Å². The Labute approximate surface area is 107 Å². The van der Waals surface area contributed by atoms with Gasteiger partial charge in [-0.15, -0.1) is 0 Å². The first kappa shape index (κ1) is 12.1. The van der Waals surface area contributed by atoms with Crippen molar-refractivity contribution >= 4 is 0 Å².